The number of carbonyl (C=O) groups excluding carboxylic acids is 3. The summed E-state index contributed by atoms with van der Waals surface area (Å²) < 4.78 is 17.1. The van der Waals surface area contributed by atoms with Crippen molar-refractivity contribution < 1.29 is 28.6 Å². The second kappa shape index (κ2) is 12.3. The number of anilines is 1. The van der Waals surface area contributed by atoms with Crippen LogP contribution in [0.5, 0.6) is 17.2 Å². The summed E-state index contributed by atoms with van der Waals surface area (Å²) in [5.41, 5.74) is 1.14. The lowest BCUT2D eigenvalue weighted by atomic mass is 10.2. The lowest BCUT2D eigenvalue weighted by Gasteiger charge is -2.14. The number of halogens is 1. The zero-order valence-electron chi connectivity index (χ0n) is 19.1. The molecule has 0 aromatic heterocycles. The number of nitrogens with zero attached hydrogens (tertiary/aromatic N) is 1. The Kier molecular flexibility index (Phi) is 9.23. The Morgan fingerprint density at radius 2 is 1.86 bits per heavy atom. The minimum absolute atomic E-state index is 0.0651. The lowest BCUT2D eigenvalue weighted by Crippen LogP contribution is -2.36. The maximum Gasteiger partial charge on any atom is 0.294 e. The van der Waals surface area contributed by atoms with E-state index in [1.54, 1.807) is 42.5 Å². The standard InChI is InChI=1S/C25H23BrN2O6S/c1-4-11-34-23-19(26)12-16(13-20(23)33-6-3)14-21-24(30)28(25(31)35-21)15-22(29)27-17-7-9-18(10-8-17)32-5-2/h1,7-10,12-14H,5-6,11,15H2,2-3H3,(H,27,29)/b21-14+. The van der Waals surface area contributed by atoms with Gasteiger partial charge in [0.05, 0.1) is 22.6 Å². The smallest absolute Gasteiger partial charge is 0.294 e. The van der Waals surface area contributed by atoms with E-state index in [9.17, 15) is 14.4 Å². The number of rotatable bonds is 10. The predicted molar refractivity (Wildman–Crippen MR) is 139 cm³/mol. The van der Waals surface area contributed by atoms with Crippen molar-refractivity contribution in [3.8, 4) is 29.6 Å². The van der Waals surface area contributed by atoms with Gasteiger partial charge >= 0.3 is 0 Å². The molecule has 1 heterocycles. The molecule has 182 valence electrons. The first-order valence-electron chi connectivity index (χ1n) is 10.7. The summed E-state index contributed by atoms with van der Waals surface area (Å²) in [6.07, 6.45) is 6.84. The Hall–Kier alpha value is -3.42. The fourth-order valence-corrected chi connectivity index (χ4v) is 4.53. The minimum Gasteiger partial charge on any atom is -0.494 e. The van der Waals surface area contributed by atoms with Crippen LogP contribution in [-0.2, 0) is 9.59 Å². The quantitative estimate of drug-likeness (QED) is 0.326. The van der Waals surface area contributed by atoms with Gasteiger partial charge in [-0.1, -0.05) is 5.92 Å². The second-order valence-corrected chi connectivity index (χ2v) is 8.88. The van der Waals surface area contributed by atoms with Crippen molar-refractivity contribution in [3.05, 3.63) is 51.3 Å². The summed E-state index contributed by atoms with van der Waals surface area (Å²) in [7, 11) is 0. The summed E-state index contributed by atoms with van der Waals surface area (Å²) in [6.45, 7) is 4.29. The van der Waals surface area contributed by atoms with Crippen LogP contribution >= 0.6 is 27.7 Å². The molecule has 2 aromatic carbocycles. The van der Waals surface area contributed by atoms with Gasteiger partial charge in [-0.15, -0.1) is 6.42 Å². The first kappa shape index (κ1) is 26.2. The Balaban J connectivity index is 1.72. The molecule has 8 nitrogen and oxygen atoms in total. The highest BCUT2D eigenvalue weighted by Crippen LogP contribution is 2.39. The molecule has 35 heavy (non-hydrogen) atoms. The van der Waals surface area contributed by atoms with Gasteiger partial charge in [0, 0.05) is 5.69 Å². The molecule has 0 radical (unpaired) electrons. The maximum atomic E-state index is 12.9. The van der Waals surface area contributed by atoms with Gasteiger partial charge in [0.2, 0.25) is 5.91 Å². The summed E-state index contributed by atoms with van der Waals surface area (Å²) in [5.74, 6) is 2.92. The number of hydrogen-bond donors (Lipinski definition) is 1. The molecule has 0 unspecified atom stereocenters. The third-order valence-electron chi connectivity index (χ3n) is 4.55. The van der Waals surface area contributed by atoms with Gasteiger partial charge in [-0.25, -0.2) is 0 Å². The molecular formula is C25H23BrN2O6S. The van der Waals surface area contributed by atoms with Gasteiger partial charge in [-0.05, 0) is 89.6 Å². The molecule has 0 bridgehead atoms. The van der Waals surface area contributed by atoms with Crippen molar-refractivity contribution in [1.29, 1.82) is 0 Å². The zero-order valence-corrected chi connectivity index (χ0v) is 21.5. The fourth-order valence-electron chi connectivity index (χ4n) is 3.12. The molecule has 3 rings (SSSR count). The van der Waals surface area contributed by atoms with Gasteiger partial charge in [0.1, 0.15) is 18.9 Å². The van der Waals surface area contributed by atoms with E-state index < -0.39 is 23.6 Å². The molecule has 0 saturated carbocycles. The SMILES string of the molecule is C#CCOc1c(Br)cc(/C=C2/SC(=O)N(CC(=O)Nc3ccc(OCC)cc3)C2=O)cc1OCC. The number of imide groups is 1. The summed E-state index contributed by atoms with van der Waals surface area (Å²) in [4.78, 5) is 38.9. The third-order valence-corrected chi connectivity index (χ3v) is 6.05. The molecule has 1 N–H and O–H groups in total. The molecule has 1 saturated heterocycles. The van der Waals surface area contributed by atoms with Gasteiger partial charge in [0.25, 0.3) is 11.1 Å². The van der Waals surface area contributed by atoms with Crippen LogP contribution in [0.1, 0.15) is 19.4 Å². The molecule has 3 amide bonds. The van der Waals surface area contributed by atoms with Gasteiger partial charge in [0.15, 0.2) is 11.5 Å². The molecule has 0 aliphatic carbocycles. The fraction of sp³-hybridized carbons (Fsp3) is 0.240. The number of amides is 3. The monoisotopic (exact) mass is 558 g/mol. The summed E-state index contributed by atoms with van der Waals surface area (Å²) in [5, 5.41) is 2.15. The first-order valence-corrected chi connectivity index (χ1v) is 12.3. The number of carbonyl (C=O) groups is 3. The van der Waals surface area contributed by atoms with Crippen LogP contribution in [0.25, 0.3) is 6.08 Å². The van der Waals surface area contributed by atoms with Crippen molar-refractivity contribution in [3.63, 3.8) is 0 Å². The molecule has 1 fully saturated rings. The minimum atomic E-state index is -0.552. The zero-order chi connectivity index (χ0) is 25.4. The van der Waals surface area contributed by atoms with Gasteiger partial charge in [-0.2, -0.15) is 0 Å². The van der Waals surface area contributed by atoms with Crippen LogP contribution in [0.2, 0.25) is 0 Å². The number of benzene rings is 2. The average molecular weight is 559 g/mol. The highest BCUT2D eigenvalue weighted by Gasteiger charge is 2.36. The van der Waals surface area contributed by atoms with Crippen LogP contribution in [-0.4, -0.2) is 48.3 Å². The second-order valence-electron chi connectivity index (χ2n) is 7.03. The Morgan fingerprint density at radius 1 is 1.14 bits per heavy atom. The largest absolute Gasteiger partial charge is 0.494 e. The summed E-state index contributed by atoms with van der Waals surface area (Å²) in [6, 6.07) is 10.2. The van der Waals surface area contributed by atoms with E-state index in [0.29, 0.717) is 46.2 Å². The molecule has 0 atom stereocenters. The number of hydrogen-bond acceptors (Lipinski definition) is 7. The highest BCUT2D eigenvalue weighted by atomic mass is 79.9. The molecule has 1 aliphatic heterocycles. The molecule has 10 heteroatoms. The van der Waals surface area contributed by atoms with Crippen LogP contribution in [0.4, 0.5) is 10.5 Å². The number of ether oxygens (including phenoxy) is 3. The number of terminal acetylenes is 1. The normalized spacial score (nSPS) is 14.1. The third kappa shape index (κ3) is 6.81. The van der Waals surface area contributed by atoms with Gasteiger partial charge < -0.3 is 19.5 Å². The number of nitrogens with one attached hydrogen (secondary N) is 1. The van der Waals surface area contributed by atoms with Crippen LogP contribution < -0.4 is 19.5 Å². The molecule has 0 spiro atoms. The van der Waals surface area contributed by atoms with Crippen molar-refractivity contribution in [1.82, 2.24) is 4.90 Å². The lowest BCUT2D eigenvalue weighted by molar-refractivity contribution is -0.127. The highest BCUT2D eigenvalue weighted by molar-refractivity contribution is 9.10. The van der Waals surface area contributed by atoms with Gasteiger partial charge in [-0.3, -0.25) is 19.3 Å². The first-order chi connectivity index (χ1) is 16.9. The van der Waals surface area contributed by atoms with E-state index in [-0.39, 0.29) is 11.5 Å². The van der Waals surface area contributed by atoms with E-state index in [1.807, 2.05) is 13.8 Å². The van der Waals surface area contributed by atoms with Crippen molar-refractivity contribution in [2.24, 2.45) is 0 Å². The Morgan fingerprint density at radius 3 is 2.51 bits per heavy atom. The van der Waals surface area contributed by atoms with Crippen molar-refractivity contribution in [2.75, 3.05) is 31.7 Å². The van der Waals surface area contributed by atoms with Crippen molar-refractivity contribution in [2.45, 2.75) is 13.8 Å². The topological polar surface area (TPSA) is 94.2 Å². The van der Waals surface area contributed by atoms with E-state index in [1.165, 1.54) is 0 Å². The predicted octanol–water partition coefficient (Wildman–Crippen LogP) is 4.93. The van der Waals surface area contributed by atoms with Crippen LogP contribution in [0.3, 0.4) is 0 Å². The van der Waals surface area contributed by atoms with E-state index in [4.69, 9.17) is 20.6 Å². The Bertz CT molecular complexity index is 1190. The van der Waals surface area contributed by atoms with Crippen molar-refractivity contribution >= 4 is 56.5 Å². The average Bonchev–Trinajstić information content (AvgIpc) is 3.07. The van der Waals surface area contributed by atoms with Crippen LogP contribution in [0, 0.1) is 12.3 Å². The molecule has 1 aliphatic rings. The molecular weight excluding hydrogens is 536 g/mol. The van der Waals surface area contributed by atoms with Crippen LogP contribution in [0.15, 0.2) is 45.8 Å². The van der Waals surface area contributed by atoms with E-state index >= 15 is 0 Å². The maximum absolute atomic E-state index is 12.9. The van der Waals surface area contributed by atoms with E-state index in [2.05, 4.69) is 27.2 Å². The Labute approximate surface area is 216 Å². The summed E-state index contributed by atoms with van der Waals surface area (Å²) >= 11 is 4.19. The van der Waals surface area contributed by atoms with E-state index in [0.717, 1.165) is 16.7 Å². The number of thioether (sulfide) groups is 1. The molecule has 2 aromatic rings.